The van der Waals surface area contributed by atoms with Crippen LogP contribution in [0.1, 0.15) is 43.0 Å². The van der Waals surface area contributed by atoms with Crippen LogP contribution in [-0.4, -0.2) is 35.7 Å². The van der Waals surface area contributed by atoms with Gasteiger partial charge in [0, 0.05) is 11.4 Å². The molecule has 0 fully saturated rings. The predicted octanol–water partition coefficient (Wildman–Crippen LogP) is 5.48. The lowest BCUT2D eigenvalue weighted by Gasteiger charge is -2.37. The number of amidine groups is 1. The average molecular weight is 492 g/mol. The molecule has 0 bridgehead atoms. The molecule has 0 radical (unpaired) electrons. The third-order valence-corrected chi connectivity index (χ3v) is 6.82. The standard InChI is InChI=1S/C27H29N3O4S/c1-6-34-26(32)24-18(4)28-27-30(25(24)22-12-7-16(2)13-17(22)3)20(15-35-27)14-23(31)29-19-8-10-21(33-5)11-9-19/h7-13,15,25H,6,14H2,1-5H3,(H,29,31). The first kappa shape index (κ1) is 24.6. The van der Waals surface area contributed by atoms with Crippen molar-refractivity contribution in [3.8, 4) is 5.75 Å². The molecule has 2 aliphatic heterocycles. The van der Waals surface area contributed by atoms with Gasteiger partial charge in [-0.3, -0.25) is 4.79 Å². The van der Waals surface area contributed by atoms with Crippen molar-refractivity contribution in [3.63, 3.8) is 0 Å². The summed E-state index contributed by atoms with van der Waals surface area (Å²) >= 11 is 1.46. The van der Waals surface area contributed by atoms with Gasteiger partial charge in [0.05, 0.1) is 37.4 Å². The van der Waals surface area contributed by atoms with Gasteiger partial charge in [-0.15, -0.1) is 0 Å². The van der Waals surface area contributed by atoms with E-state index >= 15 is 0 Å². The van der Waals surface area contributed by atoms with Gasteiger partial charge in [0.2, 0.25) is 5.91 Å². The van der Waals surface area contributed by atoms with E-state index in [0.717, 1.165) is 33.3 Å². The lowest BCUT2D eigenvalue weighted by Crippen LogP contribution is -2.37. The van der Waals surface area contributed by atoms with Crippen molar-refractivity contribution < 1.29 is 19.1 Å². The molecule has 4 rings (SSSR count). The number of nitrogens with one attached hydrogen (secondary N) is 1. The number of carbonyl (C=O) groups is 2. The van der Waals surface area contributed by atoms with E-state index < -0.39 is 12.0 Å². The van der Waals surface area contributed by atoms with E-state index in [2.05, 4.69) is 11.4 Å². The van der Waals surface area contributed by atoms with E-state index in [1.54, 1.807) is 38.3 Å². The maximum Gasteiger partial charge on any atom is 0.338 e. The molecule has 182 valence electrons. The fourth-order valence-corrected chi connectivity index (χ4v) is 5.27. The molecule has 1 unspecified atom stereocenters. The highest BCUT2D eigenvalue weighted by Crippen LogP contribution is 2.45. The molecule has 0 spiro atoms. The fourth-order valence-electron chi connectivity index (χ4n) is 4.31. The van der Waals surface area contributed by atoms with Crippen LogP contribution in [0.5, 0.6) is 5.75 Å². The predicted molar refractivity (Wildman–Crippen MR) is 139 cm³/mol. The Bertz CT molecular complexity index is 1250. The van der Waals surface area contributed by atoms with Crippen LogP contribution in [0.2, 0.25) is 0 Å². The number of methoxy groups -OCH3 is 1. The summed E-state index contributed by atoms with van der Waals surface area (Å²) in [6, 6.07) is 12.9. The number of benzene rings is 2. The molecule has 2 heterocycles. The van der Waals surface area contributed by atoms with Gasteiger partial charge >= 0.3 is 5.97 Å². The summed E-state index contributed by atoms with van der Waals surface area (Å²) in [5.74, 6) is 0.167. The topological polar surface area (TPSA) is 80.2 Å². The van der Waals surface area contributed by atoms with Crippen molar-refractivity contribution in [1.82, 2.24) is 4.90 Å². The van der Waals surface area contributed by atoms with E-state index in [-0.39, 0.29) is 18.9 Å². The van der Waals surface area contributed by atoms with Gasteiger partial charge in [0.25, 0.3) is 0 Å². The van der Waals surface area contributed by atoms with E-state index in [0.29, 0.717) is 17.0 Å². The van der Waals surface area contributed by atoms with Crippen LogP contribution in [0.3, 0.4) is 0 Å². The Labute approximate surface area is 209 Å². The minimum absolute atomic E-state index is 0.134. The van der Waals surface area contributed by atoms with Crippen molar-refractivity contribution in [3.05, 3.63) is 81.5 Å². The second-order valence-corrected chi connectivity index (χ2v) is 9.26. The second-order valence-electron chi connectivity index (χ2n) is 8.43. The monoisotopic (exact) mass is 491 g/mol. The average Bonchev–Trinajstić information content (AvgIpc) is 3.20. The minimum Gasteiger partial charge on any atom is -0.497 e. The summed E-state index contributed by atoms with van der Waals surface area (Å²) in [5.41, 5.74) is 5.76. The normalized spacial score (nSPS) is 16.9. The van der Waals surface area contributed by atoms with Gasteiger partial charge in [-0.05, 0) is 68.5 Å². The summed E-state index contributed by atoms with van der Waals surface area (Å²) in [4.78, 5) is 32.8. The molecule has 0 aromatic heterocycles. The number of carbonyl (C=O) groups excluding carboxylic acids is 2. The number of ether oxygens (including phenoxy) is 2. The first-order valence-electron chi connectivity index (χ1n) is 11.4. The number of anilines is 1. The minimum atomic E-state index is -0.433. The Morgan fingerprint density at radius 1 is 1.11 bits per heavy atom. The van der Waals surface area contributed by atoms with E-state index in [4.69, 9.17) is 14.5 Å². The Kier molecular flexibility index (Phi) is 7.31. The van der Waals surface area contributed by atoms with Gasteiger partial charge < -0.3 is 19.7 Å². The lowest BCUT2D eigenvalue weighted by molar-refractivity contribution is -0.139. The number of amides is 1. The van der Waals surface area contributed by atoms with Crippen LogP contribution >= 0.6 is 11.8 Å². The van der Waals surface area contributed by atoms with Crippen LogP contribution in [-0.2, 0) is 14.3 Å². The maximum atomic E-state index is 13.1. The first-order chi connectivity index (χ1) is 16.8. The zero-order valence-corrected chi connectivity index (χ0v) is 21.4. The van der Waals surface area contributed by atoms with Crippen molar-refractivity contribution in [2.75, 3.05) is 19.0 Å². The SMILES string of the molecule is CCOC(=O)C1=C(C)N=C2SC=C(CC(=O)Nc3ccc(OC)cc3)N2C1c1ccc(C)cc1C. The molecule has 35 heavy (non-hydrogen) atoms. The Balaban J connectivity index is 1.66. The van der Waals surface area contributed by atoms with Crippen LogP contribution in [0.4, 0.5) is 5.69 Å². The summed E-state index contributed by atoms with van der Waals surface area (Å²) in [6.45, 7) is 7.97. The number of hydrogen-bond acceptors (Lipinski definition) is 7. The summed E-state index contributed by atoms with van der Waals surface area (Å²) in [5, 5.41) is 5.62. The quantitative estimate of drug-likeness (QED) is 0.517. The van der Waals surface area contributed by atoms with Gasteiger partial charge in [-0.2, -0.15) is 0 Å². The molecule has 7 nitrogen and oxygen atoms in total. The number of thioether (sulfide) groups is 1. The number of fused-ring (bicyclic) bond motifs is 1. The first-order valence-corrected chi connectivity index (χ1v) is 12.3. The number of hydrogen-bond donors (Lipinski definition) is 1. The van der Waals surface area contributed by atoms with Crippen molar-refractivity contribution >= 4 is 34.5 Å². The highest BCUT2D eigenvalue weighted by molar-refractivity contribution is 8.16. The molecule has 2 aromatic rings. The summed E-state index contributed by atoms with van der Waals surface area (Å²) in [6.07, 6.45) is 0.134. The number of rotatable bonds is 7. The molecule has 1 atom stereocenters. The van der Waals surface area contributed by atoms with Gasteiger partial charge in [-0.25, -0.2) is 9.79 Å². The largest absolute Gasteiger partial charge is 0.497 e. The smallest absolute Gasteiger partial charge is 0.338 e. The Morgan fingerprint density at radius 3 is 2.51 bits per heavy atom. The van der Waals surface area contributed by atoms with E-state index in [1.165, 1.54) is 11.8 Å². The van der Waals surface area contributed by atoms with Gasteiger partial charge in [0.1, 0.15) is 5.75 Å². The van der Waals surface area contributed by atoms with Crippen LogP contribution < -0.4 is 10.1 Å². The molecule has 8 heteroatoms. The summed E-state index contributed by atoms with van der Waals surface area (Å²) in [7, 11) is 1.60. The molecule has 1 amide bonds. The Morgan fingerprint density at radius 2 is 1.86 bits per heavy atom. The summed E-state index contributed by atoms with van der Waals surface area (Å²) < 4.78 is 10.6. The van der Waals surface area contributed by atoms with Crippen molar-refractivity contribution in [2.24, 2.45) is 4.99 Å². The molecule has 2 aromatic carbocycles. The third-order valence-electron chi connectivity index (χ3n) is 5.93. The fraction of sp³-hybridized carbons (Fsp3) is 0.296. The van der Waals surface area contributed by atoms with Gasteiger partial charge in [-0.1, -0.05) is 35.5 Å². The van der Waals surface area contributed by atoms with Crippen LogP contribution in [0.25, 0.3) is 0 Å². The van der Waals surface area contributed by atoms with E-state index in [1.807, 2.05) is 43.2 Å². The highest BCUT2D eigenvalue weighted by Gasteiger charge is 2.41. The molecular formula is C27H29N3O4S. The van der Waals surface area contributed by atoms with Gasteiger partial charge in [0.15, 0.2) is 5.17 Å². The molecular weight excluding hydrogens is 462 g/mol. The second kappa shape index (κ2) is 10.4. The van der Waals surface area contributed by atoms with Crippen LogP contribution in [0, 0.1) is 13.8 Å². The van der Waals surface area contributed by atoms with Crippen molar-refractivity contribution in [1.29, 1.82) is 0 Å². The zero-order chi connectivity index (χ0) is 25.1. The lowest BCUT2D eigenvalue weighted by atomic mass is 9.90. The molecule has 0 saturated carbocycles. The number of nitrogens with zero attached hydrogens (tertiary/aromatic N) is 2. The van der Waals surface area contributed by atoms with Crippen molar-refractivity contribution in [2.45, 2.75) is 40.2 Å². The molecule has 1 N–H and O–H groups in total. The maximum absolute atomic E-state index is 13.1. The molecule has 0 aliphatic carbocycles. The zero-order valence-electron chi connectivity index (χ0n) is 20.5. The van der Waals surface area contributed by atoms with E-state index in [9.17, 15) is 9.59 Å². The van der Waals surface area contributed by atoms with Crippen LogP contribution in [0.15, 0.2) is 69.8 Å². The number of allylic oxidation sites excluding steroid dienone is 1. The molecule has 2 aliphatic rings. The number of esters is 1. The third kappa shape index (κ3) is 5.12. The highest BCUT2D eigenvalue weighted by atomic mass is 32.2. The number of aryl methyl sites for hydroxylation is 2. The molecule has 0 saturated heterocycles. The Hall–Kier alpha value is -3.52. The number of aliphatic imine (C=N–C) groups is 1.